The molecule has 1 aromatic rings. The summed E-state index contributed by atoms with van der Waals surface area (Å²) >= 11 is 0. The molecular formula is C16H22N2O5S. The lowest BCUT2D eigenvalue weighted by Gasteiger charge is -2.13. The maximum Gasteiger partial charge on any atom is 0.338 e. The lowest BCUT2D eigenvalue weighted by molar-refractivity contribution is -0.124. The SMILES string of the molecule is C[C@@H](NC(=O)COC(=O)c1ccc(S(=O)(=O)N(C)C)cc1)C1CC1. The van der Waals surface area contributed by atoms with Crippen LogP contribution in [0.4, 0.5) is 0 Å². The molecule has 1 fully saturated rings. The molecule has 2 rings (SSSR count). The van der Waals surface area contributed by atoms with Crippen LogP contribution in [-0.2, 0) is 19.6 Å². The molecule has 0 saturated heterocycles. The number of hydrogen-bond acceptors (Lipinski definition) is 5. The van der Waals surface area contributed by atoms with Gasteiger partial charge in [0.1, 0.15) is 0 Å². The standard InChI is InChI=1S/C16H22N2O5S/c1-11(12-4-5-12)17-15(19)10-23-16(20)13-6-8-14(9-7-13)24(21,22)18(2)3/h6-9,11-12H,4-5,10H2,1-3H3,(H,17,19)/t11-/m1/s1. The van der Waals surface area contributed by atoms with E-state index in [1.807, 2.05) is 6.92 Å². The zero-order chi connectivity index (χ0) is 17.9. The molecule has 132 valence electrons. The smallest absolute Gasteiger partial charge is 0.338 e. The maximum absolute atomic E-state index is 11.9. The zero-order valence-corrected chi connectivity index (χ0v) is 14.8. The van der Waals surface area contributed by atoms with Gasteiger partial charge in [-0.15, -0.1) is 0 Å². The third kappa shape index (κ3) is 4.55. The fourth-order valence-electron chi connectivity index (χ4n) is 2.20. The van der Waals surface area contributed by atoms with Gasteiger partial charge in [-0.3, -0.25) is 4.79 Å². The number of nitrogens with one attached hydrogen (secondary N) is 1. The van der Waals surface area contributed by atoms with Gasteiger partial charge in [0.2, 0.25) is 10.0 Å². The summed E-state index contributed by atoms with van der Waals surface area (Å²) in [6, 6.07) is 5.49. The van der Waals surface area contributed by atoms with Gasteiger partial charge in [-0.25, -0.2) is 17.5 Å². The van der Waals surface area contributed by atoms with Crippen LogP contribution in [0.3, 0.4) is 0 Å². The van der Waals surface area contributed by atoms with E-state index in [2.05, 4.69) is 5.32 Å². The van der Waals surface area contributed by atoms with Crippen molar-refractivity contribution in [3.8, 4) is 0 Å². The molecule has 0 bridgehead atoms. The second-order valence-corrected chi connectivity index (χ2v) is 8.23. The van der Waals surface area contributed by atoms with Crippen molar-refractivity contribution in [1.29, 1.82) is 0 Å². The maximum atomic E-state index is 11.9. The third-order valence-electron chi connectivity index (χ3n) is 3.92. The Bertz CT molecular complexity index is 708. The topological polar surface area (TPSA) is 92.8 Å². The summed E-state index contributed by atoms with van der Waals surface area (Å²) in [6.07, 6.45) is 2.23. The summed E-state index contributed by atoms with van der Waals surface area (Å²) in [4.78, 5) is 23.7. The summed E-state index contributed by atoms with van der Waals surface area (Å²) < 4.78 is 29.9. The first-order chi connectivity index (χ1) is 11.2. The fourth-order valence-corrected chi connectivity index (χ4v) is 3.10. The highest BCUT2D eigenvalue weighted by Gasteiger charge is 2.29. The van der Waals surface area contributed by atoms with Crippen LogP contribution in [0.2, 0.25) is 0 Å². The average molecular weight is 354 g/mol. The molecule has 1 N–H and O–H groups in total. The minimum Gasteiger partial charge on any atom is -0.452 e. The summed E-state index contributed by atoms with van der Waals surface area (Å²) in [5, 5.41) is 2.79. The van der Waals surface area contributed by atoms with Crippen LogP contribution in [0.15, 0.2) is 29.2 Å². The Balaban J connectivity index is 1.89. The van der Waals surface area contributed by atoms with Crippen LogP contribution >= 0.6 is 0 Å². The van der Waals surface area contributed by atoms with Crippen molar-refractivity contribution in [2.75, 3.05) is 20.7 Å². The molecule has 0 unspecified atom stereocenters. The van der Waals surface area contributed by atoms with Gasteiger partial charge >= 0.3 is 5.97 Å². The molecule has 7 nitrogen and oxygen atoms in total. The number of carbonyl (C=O) groups is 2. The number of amides is 1. The predicted octanol–water partition coefficient (Wildman–Crippen LogP) is 1.01. The van der Waals surface area contributed by atoms with Gasteiger partial charge in [0, 0.05) is 20.1 Å². The van der Waals surface area contributed by atoms with Crippen molar-refractivity contribution in [2.45, 2.75) is 30.7 Å². The van der Waals surface area contributed by atoms with Crippen molar-refractivity contribution < 1.29 is 22.7 Å². The highest BCUT2D eigenvalue weighted by Crippen LogP contribution is 2.32. The Labute approximate surface area is 142 Å². The van der Waals surface area contributed by atoms with E-state index in [0.29, 0.717) is 5.92 Å². The van der Waals surface area contributed by atoms with E-state index in [0.717, 1.165) is 17.1 Å². The minimum absolute atomic E-state index is 0.0834. The molecule has 1 amide bonds. The van der Waals surface area contributed by atoms with Crippen LogP contribution in [0.5, 0.6) is 0 Å². The van der Waals surface area contributed by atoms with Gasteiger partial charge in [0.25, 0.3) is 5.91 Å². The first-order valence-electron chi connectivity index (χ1n) is 7.71. The monoisotopic (exact) mass is 354 g/mol. The Morgan fingerprint density at radius 3 is 2.33 bits per heavy atom. The summed E-state index contributed by atoms with van der Waals surface area (Å²) in [5.41, 5.74) is 0.191. The zero-order valence-electron chi connectivity index (χ0n) is 14.0. The molecule has 24 heavy (non-hydrogen) atoms. The first kappa shape index (κ1) is 18.4. The Morgan fingerprint density at radius 2 is 1.83 bits per heavy atom. The quantitative estimate of drug-likeness (QED) is 0.738. The predicted molar refractivity (Wildman–Crippen MR) is 87.9 cm³/mol. The van der Waals surface area contributed by atoms with Crippen LogP contribution < -0.4 is 5.32 Å². The van der Waals surface area contributed by atoms with Gasteiger partial charge in [0.15, 0.2) is 6.61 Å². The van der Waals surface area contributed by atoms with E-state index < -0.39 is 16.0 Å². The van der Waals surface area contributed by atoms with Crippen LogP contribution in [0.1, 0.15) is 30.1 Å². The van der Waals surface area contributed by atoms with Gasteiger partial charge in [-0.2, -0.15) is 0 Å². The highest BCUT2D eigenvalue weighted by atomic mass is 32.2. The van der Waals surface area contributed by atoms with Gasteiger partial charge in [-0.1, -0.05) is 0 Å². The molecule has 1 aliphatic rings. The number of rotatable bonds is 7. The number of nitrogens with zero attached hydrogens (tertiary/aromatic N) is 1. The molecule has 0 heterocycles. The second-order valence-electron chi connectivity index (χ2n) is 6.08. The van der Waals surface area contributed by atoms with Crippen LogP contribution in [-0.4, -0.2) is 51.3 Å². The van der Waals surface area contributed by atoms with Crippen molar-refractivity contribution >= 4 is 21.9 Å². The largest absolute Gasteiger partial charge is 0.452 e. The Hall–Kier alpha value is -1.93. The molecule has 0 aromatic heterocycles. The van der Waals surface area contributed by atoms with Crippen molar-refractivity contribution in [3.63, 3.8) is 0 Å². The van der Waals surface area contributed by atoms with Crippen molar-refractivity contribution in [2.24, 2.45) is 5.92 Å². The lowest BCUT2D eigenvalue weighted by Crippen LogP contribution is -2.37. The van der Waals surface area contributed by atoms with E-state index in [9.17, 15) is 18.0 Å². The number of carbonyl (C=O) groups excluding carboxylic acids is 2. The molecular weight excluding hydrogens is 332 g/mol. The molecule has 1 atom stereocenters. The summed E-state index contributed by atoms with van der Waals surface area (Å²) in [5.74, 6) is -0.483. The number of benzene rings is 1. The van der Waals surface area contributed by atoms with E-state index >= 15 is 0 Å². The molecule has 0 spiro atoms. The van der Waals surface area contributed by atoms with Crippen LogP contribution in [0, 0.1) is 5.92 Å². The van der Waals surface area contributed by atoms with Crippen molar-refractivity contribution in [3.05, 3.63) is 29.8 Å². The Kier molecular flexibility index (Phi) is 5.61. The normalized spacial score (nSPS) is 15.8. The summed E-state index contributed by atoms with van der Waals surface area (Å²) in [6.45, 7) is 1.58. The lowest BCUT2D eigenvalue weighted by atomic mass is 10.2. The summed E-state index contributed by atoms with van der Waals surface area (Å²) in [7, 11) is -0.685. The van der Waals surface area contributed by atoms with Gasteiger partial charge < -0.3 is 10.1 Å². The van der Waals surface area contributed by atoms with Crippen molar-refractivity contribution in [1.82, 2.24) is 9.62 Å². The highest BCUT2D eigenvalue weighted by molar-refractivity contribution is 7.89. The molecule has 0 radical (unpaired) electrons. The second kappa shape index (κ2) is 7.31. The number of esters is 1. The number of hydrogen-bond donors (Lipinski definition) is 1. The van der Waals surface area contributed by atoms with Gasteiger partial charge in [0.05, 0.1) is 10.5 Å². The number of sulfonamides is 1. The molecule has 1 aromatic carbocycles. The van der Waals surface area contributed by atoms with E-state index in [4.69, 9.17) is 4.74 Å². The molecule has 1 saturated carbocycles. The fraction of sp³-hybridized carbons (Fsp3) is 0.500. The first-order valence-corrected chi connectivity index (χ1v) is 9.15. The Morgan fingerprint density at radius 1 is 1.25 bits per heavy atom. The molecule has 1 aliphatic carbocycles. The molecule has 8 heteroatoms. The van der Waals surface area contributed by atoms with Crippen LogP contribution in [0.25, 0.3) is 0 Å². The van der Waals surface area contributed by atoms with Gasteiger partial charge in [-0.05, 0) is 49.9 Å². The minimum atomic E-state index is -3.54. The number of ether oxygens (including phenoxy) is 1. The average Bonchev–Trinajstić information content (AvgIpc) is 3.37. The third-order valence-corrected chi connectivity index (χ3v) is 5.75. The van der Waals surface area contributed by atoms with E-state index in [1.54, 1.807) is 0 Å². The molecule has 0 aliphatic heterocycles. The van der Waals surface area contributed by atoms with E-state index in [1.165, 1.54) is 38.4 Å². The van der Waals surface area contributed by atoms with E-state index in [-0.39, 0.29) is 29.0 Å².